The van der Waals surface area contributed by atoms with Gasteiger partial charge in [-0.2, -0.15) is 0 Å². The molecule has 1 aliphatic heterocycles. The van der Waals surface area contributed by atoms with Crippen molar-refractivity contribution in [3.63, 3.8) is 0 Å². The lowest BCUT2D eigenvalue weighted by Crippen LogP contribution is -2.35. The van der Waals surface area contributed by atoms with Crippen LogP contribution in [0.25, 0.3) is 0 Å². The van der Waals surface area contributed by atoms with Crippen LogP contribution in [0, 0.1) is 11.6 Å². The Kier molecular flexibility index (Phi) is 6.66. The smallest absolute Gasteiger partial charge is 0.306 e. The second kappa shape index (κ2) is 8.73. The summed E-state index contributed by atoms with van der Waals surface area (Å²) in [4.78, 5) is 27.1. The van der Waals surface area contributed by atoms with Crippen molar-refractivity contribution in [2.75, 3.05) is 33.3 Å². The summed E-state index contributed by atoms with van der Waals surface area (Å²) in [5.41, 5.74) is 0.708. The summed E-state index contributed by atoms with van der Waals surface area (Å²) in [7, 11) is 1.30. The third-order valence-corrected chi connectivity index (χ3v) is 4.10. The summed E-state index contributed by atoms with van der Waals surface area (Å²) in [6, 6.07) is 3.91. The molecule has 132 valence electrons. The predicted octanol–water partition coefficient (Wildman–Crippen LogP) is 1.95. The van der Waals surface area contributed by atoms with Gasteiger partial charge in [0.25, 0.3) is 0 Å². The van der Waals surface area contributed by atoms with Crippen LogP contribution in [0.1, 0.15) is 24.8 Å². The average Bonchev–Trinajstić information content (AvgIpc) is 2.81. The number of carbonyl (C=O) groups excluding carboxylic acids is 2. The number of hydrogen-bond donors (Lipinski definition) is 0. The van der Waals surface area contributed by atoms with Gasteiger partial charge in [-0.1, -0.05) is 6.07 Å². The molecule has 1 aliphatic rings. The number of carbonyl (C=O) groups is 2. The molecule has 0 saturated carbocycles. The first-order valence-electron chi connectivity index (χ1n) is 8.00. The minimum atomic E-state index is -0.850. The van der Waals surface area contributed by atoms with Gasteiger partial charge >= 0.3 is 5.97 Å². The van der Waals surface area contributed by atoms with Crippen LogP contribution in [0.4, 0.5) is 8.78 Å². The zero-order valence-electron chi connectivity index (χ0n) is 13.8. The van der Waals surface area contributed by atoms with Crippen molar-refractivity contribution >= 4 is 11.9 Å². The highest BCUT2D eigenvalue weighted by Gasteiger charge is 2.20. The Morgan fingerprint density at radius 2 is 1.88 bits per heavy atom. The van der Waals surface area contributed by atoms with E-state index < -0.39 is 17.6 Å². The zero-order valence-corrected chi connectivity index (χ0v) is 13.8. The Hall–Kier alpha value is -2.02. The van der Waals surface area contributed by atoms with E-state index in [-0.39, 0.29) is 18.7 Å². The molecule has 1 amide bonds. The van der Waals surface area contributed by atoms with Gasteiger partial charge in [-0.25, -0.2) is 8.78 Å². The summed E-state index contributed by atoms with van der Waals surface area (Å²) in [5.74, 6) is -2.15. The molecule has 24 heavy (non-hydrogen) atoms. The molecular weight excluding hydrogens is 318 g/mol. The van der Waals surface area contributed by atoms with Gasteiger partial charge < -0.3 is 9.64 Å². The van der Waals surface area contributed by atoms with E-state index in [0.29, 0.717) is 31.7 Å². The highest BCUT2D eigenvalue weighted by Crippen LogP contribution is 2.13. The minimum Gasteiger partial charge on any atom is -0.469 e. The van der Waals surface area contributed by atoms with Crippen LogP contribution in [-0.4, -0.2) is 55.0 Å². The minimum absolute atomic E-state index is 0.0601. The maximum absolute atomic E-state index is 13.3. The average molecular weight is 340 g/mol. The Balaban J connectivity index is 1.84. The summed E-state index contributed by atoms with van der Waals surface area (Å²) < 4.78 is 30.8. The zero-order chi connectivity index (χ0) is 17.5. The van der Waals surface area contributed by atoms with E-state index in [1.807, 2.05) is 0 Å². The third-order valence-electron chi connectivity index (χ3n) is 4.10. The highest BCUT2D eigenvalue weighted by molar-refractivity contribution is 5.81. The molecule has 0 aliphatic carbocycles. The quantitative estimate of drug-likeness (QED) is 0.769. The van der Waals surface area contributed by atoms with Crippen molar-refractivity contribution in [3.05, 3.63) is 35.4 Å². The van der Waals surface area contributed by atoms with Crippen molar-refractivity contribution < 1.29 is 23.1 Å². The number of benzene rings is 1. The van der Waals surface area contributed by atoms with E-state index in [9.17, 15) is 18.4 Å². The van der Waals surface area contributed by atoms with Crippen LogP contribution in [0.2, 0.25) is 0 Å². The Morgan fingerprint density at radius 1 is 1.08 bits per heavy atom. The van der Waals surface area contributed by atoms with Gasteiger partial charge in [0.1, 0.15) is 0 Å². The SMILES string of the molecule is COC(=O)CCC(=O)N1CCCN(Cc2ccc(F)c(F)c2)CC1. The molecular formula is C17H22F2N2O3. The standard InChI is InChI=1S/C17H22F2N2O3/c1-24-17(23)6-5-16(22)21-8-2-7-20(9-10-21)12-13-3-4-14(18)15(19)11-13/h3-4,11H,2,5-10,12H2,1H3. The normalized spacial score (nSPS) is 15.9. The van der Waals surface area contributed by atoms with Crippen LogP contribution >= 0.6 is 0 Å². The first-order chi connectivity index (χ1) is 11.5. The van der Waals surface area contributed by atoms with Gasteiger partial charge in [0.05, 0.1) is 13.5 Å². The number of methoxy groups -OCH3 is 1. The number of rotatable bonds is 5. The van der Waals surface area contributed by atoms with E-state index in [1.165, 1.54) is 13.2 Å². The molecule has 0 aromatic heterocycles. The van der Waals surface area contributed by atoms with Crippen molar-refractivity contribution in [1.29, 1.82) is 0 Å². The van der Waals surface area contributed by atoms with Gasteiger partial charge in [0, 0.05) is 39.1 Å². The second-order valence-corrected chi connectivity index (χ2v) is 5.84. The lowest BCUT2D eigenvalue weighted by molar-refractivity contribution is -0.143. The van der Waals surface area contributed by atoms with Crippen molar-refractivity contribution in [2.45, 2.75) is 25.8 Å². The van der Waals surface area contributed by atoms with Crippen LogP contribution in [0.3, 0.4) is 0 Å². The molecule has 7 heteroatoms. The fourth-order valence-corrected chi connectivity index (χ4v) is 2.74. The van der Waals surface area contributed by atoms with Crippen LogP contribution in [0.15, 0.2) is 18.2 Å². The fourth-order valence-electron chi connectivity index (χ4n) is 2.74. The first-order valence-corrected chi connectivity index (χ1v) is 8.00. The van der Waals surface area contributed by atoms with Gasteiger partial charge in [-0.3, -0.25) is 14.5 Å². The molecule has 0 N–H and O–H groups in total. The molecule has 5 nitrogen and oxygen atoms in total. The van der Waals surface area contributed by atoms with Gasteiger partial charge in [-0.15, -0.1) is 0 Å². The van der Waals surface area contributed by atoms with E-state index in [4.69, 9.17) is 0 Å². The molecule has 0 bridgehead atoms. The summed E-state index contributed by atoms with van der Waals surface area (Å²) in [6.45, 7) is 3.14. The van der Waals surface area contributed by atoms with Crippen LogP contribution in [-0.2, 0) is 20.9 Å². The summed E-state index contributed by atoms with van der Waals surface area (Å²) in [5, 5.41) is 0. The van der Waals surface area contributed by atoms with Gasteiger partial charge in [0.15, 0.2) is 11.6 Å². The molecule has 1 aromatic carbocycles. The lowest BCUT2D eigenvalue weighted by atomic mass is 10.2. The van der Waals surface area contributed by atoms with E-state index in [0.717, 1.165) is 19.0 Å². The van der Waals surface area contributed by atoms with Gasteiger partial charge in [-0.05, 0) is 24.1 Å². The Labute approximate surface area is 140 Å². The van der Waals surface area contributed by atoms with E-state index in [1.54, 1.807) is 11.0 Å². The monoisotopic (exact) mass is 340 g/mol. The third kappa shape index (κ3) is 5.26. The predicted molar refractivity (Wildman–Crippen MR) is 84.1 cm³/mol. The molecule has 2 rings (SSSR count). The Bertz CT molecular complexity index is 595. The number of halogens is 2. The van der Waals surface area contributed by atoms with Gasteiger partial charge in [0.2, 0.25) is 5.91 Å². The van der Waals surface area contributed by atoms with Crippen molar-refractivity contribution in [1.82, 2.24) is 9.80 Å². The molecule has 0 spiro atoms. The number of nitrogens with zero attached hydrogens (tertiary/aromatic N) is 2. The van der Waals surface area contributed by atoms with E-state index in [2.05, 4.69) is 9.64 Å². The number of esters is 1. The molecule has 1 saturated heterocycles. The number of hydrogen-bond acceptors (Lipinski definition) is 4. The highest BCUT2D eigenvalue weighted by atomic mass is 19.2. The summed E-state index contributed by atoms with van der Waals surface area (Å²) in [6.07, 6.45) is 1.04. The summed E-state index contributed by atoms with van der Waals surface area (Å²) >= 11 is 0. The molecule has 1 fully saturated rings. The fraction of sp³-hybridized carbons (Fsp3) is 0.529. The maximum Gasteiger partial charge on any atom is 0.306 e. The van der Waals surface area contributed by atoms with E-state index >= 15 is 0 Å². The van der Waals surface area contributed by atoms with Crippen LogP contribution in [0.5, 0.6) is 0 Å². The topological polar surface area (TPSA) is 49.9 Å². The first kappa shape index (κ1) is 18.3. The molecule has 0 unspecified atom stereocenters. The van der Waals surface area contributed by atoms with Crippen LogP contribution < -0.4 is 0 Å². The molecule has 1 heterocycles. The second-order valence-electron chi connectivity index (χ2n) is 5.84. The Morgan fingerprint density at radius 3 is 2.58 bits per heavy atom. The number of amides is 1. The molecule has 0 atom stereocenters. The maximum atomic E-state index is 13.3. The largest absolute Gasteiger partial charge is 0.469 e. The lowest BCUT2D eigenvalue weighted by Gasteiger charge is -2.22. The molecule has 0 radical (unpaired) electrons. The van der Waals surface area contributed by atoms with Crippen molar-refractivity contribution in [2.24, 2.45) is 0 Å². The van der Waals surface area contributed by atoms with Crippen molar-refractivity contribution in [3.8, 4) is 0 Å². The molecule has 1 aromatic rings. The number of ether oxygens (including phenoxy) is 1.